The third kappa shape index (κ3) is 2.85. The van der Waals surface area contributed by atoms with E-state index in [2.05, 4.69) is 37.0 Å². The van der Waals surface area contributed by atoms with E-state index >= 15 is 0 Å². The Labute approximate surface area is 115 Å². The molecule has 2 heteroatoms. The number of hydrogen-bond donors (Lipinski definition) is 1. The minimum absolute atomic E-state index is 0.850. The van der Waals surface area contributed by atoms with Gasteiger partial charge >= 0.3 is 0 Å². The van der Waals surface area contributed by atoms with Crippen LogP contribution >= 0.6 is 0 Å². The van der Waals surface area contributed by atoms with Crippen molar-refractivity contribution in [3.8, 4) is 11.3 Å². The lowest BCUT2D eigenvalue weighted by molar-refractivity contribution is 0.0775. The van der Waals surface area contributed by atoms with Crippen LogP contribution in [0.25, 0.3) is 11.3 Å². The lowest BCUT2D eigenvalue weighted by Gasteiger charge is -2.20. The Morgan fingerprint density at radius 2 is 1.68 bits per heavy atom. The molecule has 0 spiro atoms. The molecule has 0 amide bonds. The van der Waals surface area contributed by atoms with E-state index in [1.165, 1.54) is 11.1 Å². The Morgan fingerprint density at radius 1 is 1.00 bits per heavy atom. The van der Waals surface area contributed by atoms with Gasteiger partial charge in [-0.1, -0.05) is 23.8 Å². The van der Waals surface area contributed by atoms with Crippen molar-refractivity contribution < 1.29 is 5.11 Å². The van der Waals surface area contributed by atoms with Crippen LogP contribution in [-0.4, -0.2) is 10.1 Å². The Hall–Kier alpha value is -1.67. The summed E-state index contributed by atoms with van der Waals surface area (Å²) in [5.41, 5.74) is 5.47. The van der Waals surface area contributed by atoms with E-state index in [1.807, 2.05) is 19.1 Å². The molecule has 19 heavy (non-hydrogen) atoms. The van der Waals surface area contributed by atoms with Crippen molar-refractivity contribution in [1.29, 1.82) is 0 Å². The summed E-state index contributed by atoms with van der Waals surface area (Å²) in [6.07, 6.45) is 0. The largest absolute Gasteiger partial charge is 0.386 e. The van der Waals surface area contributed by atoms with Crippen molar-refractivity contribution in [2.45, 2.75) is 40.2 Å². The maximum atomic E-state index is 10.1. The van der Waals surface area contributed by atoms with Gasteiger partial charge in [0, 0.05) is 16.8 Å². The molecule has 0 aliphatic carbocycles. The first kappa shape index (κ1) is 13.8. The highest BCUT2D eigenvalue weighted by Gasteiger charge is 2.19. The highest BCUT2D eigenvalue weighted by molar-refractivity contribution is 5.64. The first-order valence-corrected chi connectivity index (χ1v) is 6.57. The minimum Gasteiger partial charge on any atom is -0.386 e. The third-order valence-corrected chi connectivity index (χ3v) is 3.41. The van der Waals surface area contributed by atoms with E-state index in [9.17, 15) is 5.11 Å². The fourth-order valence-electron chi connectivity index (χ4n) is 2.37. The molecule has 1 aromatic carbocycles. The van der Waals surface area contributed by atoms with Crippen LogP contribution in [0, 0.1) is 20.8 Å². The third-order valence-electron chi connectivity index (χ3n) is 3.41. The normalized spacial score (nSPS) is 11.7. The summed E-state index contributed by atoms with van der Waals surface area (Å²) < 4.78 is 0. The van der Waals surface area contributed by atoms with Crippen LogP contribution in [0.2, 0.25) is 0 Å². The summed E-state index contributed by atoms with van der Waals surface area (Å²) >= 11 is 0. The van der Waals surface area contributed by atoms with Gasteiger partial charge in [0.2, 0.25) is 0 Å². The predicted molar refractivity (Wildman–Crippen MR) is 79.1 cm³/mol. The van der Waals surface area contributed by atoms with E-state index in [1.54, 1.807) is 13.8 Å². The predicted octanol–water partition coefficient (Wildman–Crippen LogP) is 3.90. The number of aromatic nitrogens is 1. The van der Waals surface area contributed by atoms with Gasteiger partial charge in [0.25, 0.3) is 0 Å². The molecular weight excluding hydrogens is 234 g/mol. The molecule has 0 aliphatic heterocycles. The number of rotatable bonds is 2. The van der Waals surface area contributed by atoms with E-state index in [0.29, 0.717) is 0 Å². The van der Waals surface area contributed by atoms with Crippen LogP contribution in [0.3, 0.4) is 0 Å². The Morgan fingerprint density at radius 3 is 2.26 bits per heavy atom. The van der Waals surface area contributed by atoms with Gasteiger partial charge in [-0.05, 0) is 52.3 Å². The molecule has 0 saturated heterocycles. The standard InChI is InChI=1S/C17H21NO/c1-11-6-7-12(2)14(10-11)16-9-8-15(13(3)18-16)17(4,5)19/h6-10,19H,1-5H3. The van der Waals surface area contributed by atoms with Crippen LogP contribution in [0.15, 0.2) is 30.3 Å². The maximum Gasteiger partial charge on any atom is 0.0857 e. The molecule has 0 radical (unpaired) electrons. The van der Waals surface area contributed by atoms with Crippen molar-refractivity contribution in [1.82, 2.24) is 4.98 Å². The second-order valence-electron chi connectivity index (χ2n) is 5.71. The fraction of sp³-hybridized carbons (Fsp3) is 0.353. The van der Waals surface area contributed by atoms with Crippen LogP contribution in [0.1, 0.15) is 36.2 Å². The van der Waals surface area contributed by atoms with Crippen LogP contribution in [-0.2, 0) is 5.60 Å². The van der Waals surface area contributed by atoms with Gasteiger partial charge in [-0.25, -0.2) is 0 Å². The fourth-order valence-corrected chi connectivity index (χ4v) is 2.37. The summed E-state index contributed by atoms with van der Waals surface area (Å²) in [7, 11) is 0. The summed E-state index contributed by atoms with van der Waals surface area (Å²) in [6, 6.07) is 10.3. The van der Waals surface area contributed by atoms with Gasteiger partial charge in [0.15, 0.2) is 0 Å². The highest BCUT2D eigenvalue weighted by Crippen LogP contribution is 2.27. The second kappa shape index (κ2) is 4.78. The lowest BCUT2D eigenvalue weighted by atomic mass is 9.95. The maximum absolute atomic E-state index is 10.1. The number of hydrogen-bond acceptors (Lipinski definition) is 2. The molecule has 0 bridgehead atoms. The summed E-state index contributed by atoms with van der Waals surface area (Å²) in [4.78, 5) is 4.65. The quantitative estimate of drug-likeness (QED) is 0.882. The van der Waals surface area contributed by atoms with Crippen molar-refractivity contribution in [2.75, 3.05) is 0 Å². The summed E-state index contributed by atoms with van der Waals surface area (Å²) in [6.45, 7) is 9.70. The molecule has 1 N–H and O–H groups in total. The van der Waals surface area contributed by atoms with Gasteiger partial charge < -0.3 is 5.11 Å². The molecule has 0 unspecified atom stereocenters. The zero-order chi connectivity index (χ0) is 14.2. The van der Waals surface area contributed by atoms with Crippen molar-refractivity contribution in [2.24, 2.45) is 0 Å². The van der Waals surface area contributed by atoms with E-state index in [0.717, 1.165) is 22.5 Å². The molecular formula is C17H21NO. The minimum atomic E-state index is -0.850. The van der Waals surface area contributed by atoms with Crippen molar-refractivity contribution in [3.05, 3.63) is 52.7 Å². The molecule has 0 fully saturated rings. The Kier molecular flexibility index (Phi) is 3.46. The molecule has 2 aromatic rings. The molecule has 0 atom stereocenters. The van der Waals surface area contributed by atoms with Crippen LogP contribution in [0.5, 0.6) is 0 Å². The number of nitrogens with zero attached hydrogens (tertiary/aromatic N) is 1. The van der Waals surface area contributed by atoms with Gasteiger partial charge in [-0.2, -0.15) is 0 Å². The molecule has 2 rings (SSSR count). The molecule has 2 nitrogen and oxygen atoms in total. The van der Waals surface area contributed by atoms with Gasteiger partial charge in [-0.15, -0.1) is 0 Å². The number of benzene rings is 1. The summed E-state index contributed by atoms with van der Waals surface area (Å²) in [5.74, 6) is 0. The number of aryl methyl sites for hydroxylation is 3. The van der Waals surface area contributed by atoms with E-state index < -0.39 is 5.60 Å². The number of pyridine rings is 1. The summed E-state index contributed by atoms with van der Waals surface area (Å²) in [5, 5.41) is 10.1. The van der Waals surface area contributed by atoms with Crippen molar-refractivity contribution >= 4 is 0 Å². The molecule has 1 aromatic heterocycles. The van der Waals surface area contributed by atoms with E-state index in [4.69, 9.17) is 0 Å². The first-order chi connectivity index (χ1) is 8.79. The molecule has 100 valence electrons. The average Bonchev–Trinajstić information content (AvgIpc) is 2.30. The zero-order valence-electron chi connectivity index (χ0n) is 12.3. The van der Waals surface area contributed by atoms with Gasteiger partial charge in [-0.3, -0.25) is 4.98 Å². The lowest BCUT2D eigenvalue weighted by Crippen LogP contribution is -2.17. The zero-order valence-corrected chi connectivity index (χ0v) is 12.3. The highest BCUT2D eigenvalue weighted by atomic mass is 16.3. The second-order valence-corrected chi connectivity index (χ2v) is 5.71. The van der Waals surface area contributed by atoms with Gasteiger partial charge in [0.1, 0.15) is 0 Å². The molecule has 0 saturated carbocycles. The topological polar surface area (TPSA) is 33.1 Å². The Balaban J connectivity index is 2.54. The van der Waals surface area contributed by atoms with Gasteiger partial charge in [0.05, 0.1) is 11.3 Å². The van der Waals surface area contributed by atoms with Crippen LogP contribution < -0.4 is 0 Å². The van der Waals surface area contributed by atoms with Crippen molar-refractivity contribution in [3.63, 3.8) is 0 Å². The smallest absolute Gasteiger partial charge is 0.0857 e. The SMILES string of the molecule is Cc1ccc(C)c(-c2ccc(C(C)(C)O)c(C)n2)c1. The first-order valence-electron chi connectivity index (χ1n) is 6.57. The molecule has 1 heterocycles. The van der Waals surface area contributed by atoms with Crippen LogP contribution in [0.4, 0.5) is 0 Å². The number of aliphatic hydroxyl groups is 1. The Bertz CT molecular complexity index is 609. The molecule has 0 aliphatic rings. The van der Waals surface area contributed by atoms with E-state index in [-0.39, 0.29) is 0 Å². The monoisotopic (exact) mass is 255 g/mol. The average molecular weight is 255 g/mol.